The van der Waals surface area contributed by atoms with Crippen LogP contribution in [0.1, 0.15) is 22.3 Å². The Balaban J connectivity index is 1.03. The molecule has 0 unspecified atom stereocenters. The van der Waals surface area contributed by atoms with Crippen molar-refractivity contribution in [2.75, 3.05) is 4.90 Å². The molecule has 0 fully saturated rings. The molecule has 2 heterocycles. The molecule has 2 nitrogen and oxygen atoms in total. The van der Waals surface area contributed by atoms with Crippen LogP contribution < -0.4 is 4.90 Å². The normalized spacial score (nSPS) is 12.8. The monoisotopic (exact) mass is 833 g/mol. The van der Waals surface area contributed by atoms with Crippen LogP contribution >= 0.6 is 11.3 Å². The van der Waals surface area contributed by atoms with Gasteiger partial charge < -0.3 is 9.32 Å². The first-order valence-corrected chi connectivity index (χ1v) is 22.7. The number of benzene rings is 10. The van der Waals surface area contributed by atoms with Gasteiger partial charge in [0.1, 0.15) is 11.2 Å². The predicted molar refractivity (Wildman–Crippen MR) is 269 cm³/mol. The molecule has 0 bridgehead atoms. The molecule has 64 heavy (non-hydrogen) atoms. The van der Waals surface area contributed by atoms with E-state index in [2.05, 4.69) is 229 Å². The van der Waals surface area contributed by atoms with Gasteiger partial charge in [0.2, 0.25) is 0 Å². The molecule has 12 aromatic rings. The van der Waals surface area contributed by atoms with Gasteiger partial charge in [0, 0.05) is 47.9 Å². The summed E-state index contributed by atoms with van der Waals surface area (Å²) >= 11 is 1.88. The molecule has 0 amide bonds. The van der Waals surface area contributed by atoms with E-state index in [0.29, 0.717) is 0 Å². The average molecular weight is 834 g/mol. The third-order valence-corrected chi connectivity index (χ3v) is 14.6. The minimum atomic E-state index is -0.519. The summed E-state index contributed by atoms with van der Waals surface area (Å²) in [6.07, 6.45) is 0. The molecule has 0 N–H and O–H groups in total. The fraction of sp³-hybridized carbons (Fsp3) is 0.0164. The van der Waals surface area contributed by atoms with Gasteiger partial charge in [-0.05, 0) is 105 Å². The van der Waals surface area contributed by atoms with Crippen LogP contribution in [0.5, 0.6) is 0 Å². The minimum Gasteiger partial charge on any atom is -0.456 e. The van der Waals surface area contributed by atoms with Crippen molar-refractivity contribution in [3.05, 3.63) is 259 Å². The molecular formula is C61H39NOS. The lowest BCUT2D eigenvalue weighted by Crippen LogP contribution is -2.28. The minimum absolute atomic E-state index is 0.519. The SMILES string of the molecule is c1ccc(C2(c3ccccc3)c3ccccc3-c3c(N(c4ccc(-c5ccc6oc7ccccc7c6c5)cc4)c4cccc(-c5cccc6c5sc5ccccc56)c4)cccc32)cc1. The van der Waals surface area contributed by atoms with Gasteiger partial charge in [-0.1, -0.05) is 182 Å². The van der Waals surface area contributed by atoms with Gasteiger partial charge in [0.25, 0.3) is 0 Å². The molecule has 10 aromatic carbocycles. The van der Waals surface area contributed by atoms with Crippen LogP contribution in [-0.2, 0) is 5.41 Å². The molecule has 2 aromatic heterocycles. The number of hydrogen-bond acceptors (Lipinski definition) is 3. The van der Waals surface area contributed by atoms with Crippen LogP contribution in [0.15, 0.2) is 241 Å². The fourth-order valence-electron chi connectivity index (χ4n) is 10.6. The first kappa shape index (κ1) is 36.7. The number of fused-ring (bicyclic) bond motifs is 9. The second kappa shape index (κ2) is 14.6. The van der Waals surface area contributed by atoms with Crippen LogP contribution in [0.3, 0.4) is 0 Å². The van der Waals surface area contributed by atoms with Crippen LogP contribution in [-0.4, -0.2) is 0 Å². The Bertz CT molecular complexity index is 3690. The number of para-hydroxylation sites is 1. The Hall–Kier alpha value is -7.98. The summed E-state index contributed by atoms with van der Waals surface area (Å²) in [7, 11) is 0. The van der Waals surface area contributed by atoms with E-state index in [1.165, 1.54) is 64.7 Å². The van der Waals surface area contributed by atoms with E-state index in [9.17, 15) is 0 Å². The first-order valence-electron chi connectivity index (χ1n) is 21.9. The fourth-order valence-corrected chi connectivity index (χ4v) is 11.8. The lowest BCUT2D eigenvalue weighted by molar-refractivity contribution is 0.669. The van der Waals surface area contributed by atoms with Crippen molar-refractivity contribution >= 4 is 70.5 Å². The van der Waals surface area contributed by atoms with Gasteiger partial charge in [-0.15, -0.1) is 11.3 Å². The summed E-state index contributed by atoms with van der Waals surface area (Å²) in [6, 6.07) is 86.7. The molecule has 1 aliphatic rings. The van der Waals surface area contributed by atoms with Crippen molar-refractivity contribution in [1.29, 1.82) is 0 Å². The number of thiophene rings is 1. The highest BCUT2D eigenvalue weighted by atomic mass is 32.1. The average Bonchev–Trinajstić information content (AvgIpc) is 4.04. The lowest BCUT2D eigenvalue weighted by atomic mass is 9.68. The molecule has 0 radical (unpaired) electrons. The van der Waals surface area contributed by atoms with Gasteiger partial charge in [-0.25, -0.2) is 0 Å². The molecule has 13 rings (SSSR count). The van der Waals surface area contributed by atoms with E-state index >= 15 is 0 Å². The van der Waals surface area contributed by atoms with Crippen LogP contribution in [0.25, 0.3) is 75.5 Å². The predicted octanol–water partition coefficient (Wildman–Crippen LogP) is 17.1. The summed E-state index contributed by atoms with van der Waals surface area (Å²) in [5, 5.41) is 4.87. The van der Waals surface area contributed by atoms with Crippen molar-refractivity contribution in [3.8, 4) is 33.4 Å². The zero-order chi connectivity index (χ0) is 42.2. The van der Waals surface area contributed by atoms with Crippen molar-refractivity contribution < 1.29 is 4.42 Å². The van der Waals surface area contributed by atoms with E-state index in [1.54, 1.807) is 0 Å². The van der Waals surface area contributed by atoms with Crippen molar-refractivity contribution in [2.45, 2.75) is 5.41 Å². The van der Waals surface area contributed by atoms with Crippen molar-refractivity contribution in [2.24, 2.45) is 0 Å². The van der Waals surface area contributed by atoms with Crippen molar-refractivity contribution in [1.82, 2.24) is 0 Å². The van der Waals surface area contributed by atoms with Crippen molar-refractivity contribution in [3.63, 3.8) is 0 Å². The largest absolute Gasteiger partial charge is 0.456 e. The van der Waals surface area contributed by atoms with E-state index in [0.717, 1.165) is 50.1 Å². The highest BCUT2D eigenvalue weighted by Crippen LogP contribution is 2.59. The molecule has 0 saturated heterocycles. The summed E-state index contributed by atoms with van der Waals surface area (Å²) in [5.41, 5.74) is 16.9. The zero-order valence-corrected chi connectivity index (χ0v) is 35.6. The smallest absolute Gasteiger partial charge is 0.135 e. The highest BCUT2D eigenvalue weighted by Gasteiger charge is 2.47. The first-order chi connectivity index (χ1) is 31.7. The number of hydrogen-bond donors (Lipinski definition) is 0. The van der Waals surface area contributed by atoms with Gasteiger partial charge in [0.15, 0.2) is 0 Å². The third kappa shape index (κ3) is 5.51. The maximum absolute atomic E-state index is 6.20. The molecule has 0 atom stereocenters. The van der Waals surface area contributed by atoms with Crippen LogP contribution in [0.2, 0.25) is 0 Å². The Kier molecular flexibility index (Phi) is 8.34. The Morgan fingerprint density at radius 1 is 0.375 bits per heavy atom. The maximum Gasteiger partial charge on any atom is 0.135 e. The second-order valence-electron chi connectivity index (χ2n) is 16.7. The quantitative estimate of drug-likeness (QED) is 0.159. The van der Waals surface area contributed by atoms with E-state index < -0.39 is 5.41 Å². The van der Waals surface area contributed by atoms with Gasteiger partial charge in [-0.3, -0.25) is 0 Å². The second-order valence-corrected chi connectivity index (χ2v) is 17.8. The number of nitrogens with zero attached hydrogens (tertiary/aromatic N) is 1. The molecule has 1 aliphatic carbocycles. The molecule has 0 aliphatic heterocycles. The van der Waals surface area contributed by atoms with Crippen LogP contribution in [0.4, 0.5) is 17.1 Å². The summed E-state index contributed by atoms with van der Waals surface area (Å²) in [5.74, 6) is 0. The standard InChI is InChI=1S/C61H39NOS/c1-3-17-43(18-4-1)61(44-19-5-2-6-20-44)53-27-10-7-24-51(53)59-54(61)28-15-29-55(59)62(45-35-32-40(33-36-45)41-34-37-57-52(39-41)48-22-8-11-30-56(48)63-57)46-21-13-16-42(38-46)47-25-14-26-50-49-23-9-12-31-58(49)64-60(47)50/h1-39H. The highest BCUT2D eigenvalue weighted by molar-refractivity contribution is 7.26. The topological polar surface area (TPSA) is 16.4 Å². The third-order valence-electron chi connectivity index (χ3n) is 13.4. The Labute approximate surface area is 375 Å². The zero-order valence-electron chi connectivity index (χ0n) is 34.8. The van der Waals surface area contributed by atoms with Gasteiger partial charge >= 0.3 is 0 Å². The molecule has 300 valence electrons. The van der Waals surface area contributed by atoms with Gasteiger partial charge in [0.05, 0.1) is 11.1 Å². The lowest BCUT2D eigenvalue weighted by Gasteiger charge is -2.34. The number of rotatable bonds is 7. The van der Waals surface area contributed by atoms with E-state index in [1.807, 2.05) is 23.5 Å². The summed E-state index contributed by atoms with van der Waals surface area (Å²) < 4.78 is 8.82. The summed E-state index contributed by atoms with van der Waals surface area (Å²) in [6.45, 7) is 0. The summed E-state index contributed by atoms with van der Waals surface area (Å²) in [4.78, 5) is 2.48. The number of furan rings is 1. The van der Waals surface area contributed by atoms with E-state index in [-0.39, 0.29) is 0 Å². The van der Waals surface area contributed by atoms with E-state index in [4.69, 9.17) is 4.42 Å². The Morgan fingerprint density at radius 2 is 1.00 bits per heavy atom. The molecule has 3 heteroatoms. The maximum atomic E-state index is 6.20. The molecule has 0 spiro atoms. The molecular weight excluding hydrogens is 795 g/mol. The Morgan fingerprint density at radius 3 is 1.83 bits per heavy atom. The van der Waals surface area contributed by atoms with Crippen LogP contribution in [0, 0.1) is 0 Å². The number of anilines is 3. The van der Waals surface area contributed by atoms with Gasteiger partial charge in [-0.2, -0.15) is 0 Å². The molecule has 0 saturated carbocycles.